The molecule has 1 atom stereocenters. The monoisotopic (exact) mass is 346 g/mol. The maximum absolute atomic E-state index is 12.9. The molecule has 3 rings (SSSR count). The molecule has 1 aliphatic heterocycles. The van der Waals surface area contributed by atoms with Crippen LogP contribution in [0.5, 0.6) is 0 Å². The van der Waals surface area contributed by atoms with Crippen molar-refractivity contribution in [3.05, 3.63) is 24.3 Å². The summed E-state index contributed by atoms with van der Waals surface area (Å²) >= 11 is 1.71. The second-order valence-electron chi connectivity index (χ2n) is 7.44. The van der Waals surface area contributed by atoms with Gasteiger partial charge in [-0.25, -0.2) is 0 Å². The molecule has 0 aromatic heterocycles. The standard InChI is InChI=1S/C19H26N2O2S/c1-13(18(23)20-14-8-4-5-9-14)21-15-10-6-7-11-16(15)24-19(2,3)12-17(21)22/h6-7,10-11,13-14H,4-5,8-9,12H2,1-3H3,(H,20,23). The lowest BCUT2D eigenvalue weighted by Crippen LogP contribution is -2.50. The van der Waals surface area contributed by atoms with E-state index in [1.807, 2.05) is 31.2 Å². The Hall–Kier alpha value is -1.49. The van der Waals surface area contributed by atoms with E-state index in [1.54, 1.807) is 16.7 Å². The van der Waals surface area contributed by atoms with Crippen molar-refractivity contribution >= 4 is 29.3 Å². The highest BCUT2D eigenvalue weighted by atomic mass is 32.2. The van der Waals surface area contributed by atoms with Crippen LogP contribution in [0.4, 0.5) is 5.69 Å². The number of fused-ring (bicyclic) bond motifs is 1. The van der Waals surface area contributed by atoms with E-state index in [-0.39, 0.29) is 22.6 Å². The molecular formula is C19H26N2O2S. The molecule has 0 radical (unpaired) electrons. The van der Waals surface area contributed by atoms with E-state index in [4.69, 9.17) is 0 Å². The highest BCUT2D eigenvalue weighted by Crippen LogP contribution is 2.44. The first-order valence-corrected chi connectivity index (χ1v) is 9.59. The number of hydrogen-bond donors (Lipinski definition) is 1. The molecule has 1 aromatic rings. The fraction of sp³-hybridized carbons (Fsp3) is 0.579. The van der Waals surface area contributed by atoms with Crippen LogP contribution < -0.4 is 10.2 Å². The number of carbonyl (C=O) groups is 2. The van der Waals surface area contributed by atoms with Gasteiger partial charge in [0, 0.05) is 22.1 Å². The first-order valence-electron chi connectivity index (χ1n) is 8.78. The van der Waals surface area contributed by atoms with Gasteiger partial charge in [0.1, 0.15) is 6.04 Å². The van der Waals surface area contributed by atoms with E-state index in [0.29, 0.717) is 6.42 Å². The molecule has 2 amide bonds. The van der Waals surface area contributed by atoms with E-state index in [9.17, 15) is 9.59 Å². The van der Waals surface area contributed by atoms with Gasteiger partial charge < -0.3 is 5.32 Å². The molecule has 0 saturated heterocycles. The van der Waals surface area contributed by atoms with Gasteiger partial charge in [-0.3, -0.25) is 14.5 Å². The van der Waals surface area contributed by atoms with E-state index < -0.39 is 6.04 Å². The predicted octanol–water partition coefficient (Wildman–Crippen LogP) is 3.74. The second-order valence-corrected chi connectivity index (χ2v) is 9.19. The summed E-state index contributed by atoms with van der Waals surface area (Å²) in [7, 11) is 0. The molecule has 0 spiro atoms. The molecule has 24 heavy (non-hydrogen) atoms. The Balaban J connectivity index is 1.87. The number of nitrogens with one attached hydrogen (secondary N) is 1. The lowest BCUT2D eigenvalue weighted by molar-refractivity contribution is -0.126. The van der Waals surface area contributed by atoms with Gasteiger partial charge in [0.05, 0.1) is 5.69 Å². The Morgan fingerprint density at radius 2 is 1.96 bits per heavy atom. The fourth-order valence-electron chi connectivity index (χ4n) is 3.59. The van der Waals surface area contributed by atoms with Gasteiger partial charge in [-0.1, -0.05) is 25.0 Å². The smallest absolute Gasteiger partial charge is 0.243 e. The molecule has 1 aliphatic carbocycles. The van der Waals surface area contributed by atoms with E-state index in [1.165, 1.54) is 12.8 Å². The third-order valence-electron chi connectivity index (χ3n) is 4.82. The summed E-state index contributed by atoms with van der Waals surface area (Å²) in [6.07, 6.45) is 4.87. The van der Waals surface area contributed by atoms with Crippen LogP contribution >= 0.6 is 11.8 Å². The van der Waals surface area contributed by atoms with Gasteiger partial charge in [-0.05, 0) is 45.7 Å². The van der Waals surface area contributed by atoms with Crippen LogP contribution in [-0.2, 0) is 9.59 Å². The predicted molar refractivity (Wildman–Crippen MR) is 98.3 cm³/mol. The third-order valence-corrected chi connectivity index (χ3v) is 6.09. The van der Waals surface area contributed by atoms with Gasteiger partial charge in [-0.2, -0.15) is 0 Å². The van der Waals surface area contributed by atoms with Crippen molar-refractivity contribution in [1.29, 1.82) is 0 Å². The van der Waals surface area contributed by atoms with Gasteiger partial charge in [0.25, 0.3) is 0 Å². The summed E-state index contributed by atoms with van der Waals surface area (Å²) < 4.78 is -0.177. The van der Waals surface area contributed by atoms with Crippen molar-refractivity contribution < 1.29 is 9.59 Å². The van der Waals surface area contributed by atoms with Gasteiger partial charge in [0.2, 0.25) is 11.8 Å². The molecule has 2 aliphatic rings. The average molecular weight is 346 g/mol. The summed E-state index contributed by atoms with van der Waals surface area (Å²) in [6, 6.07) is 7.67. The highest BCUT2D eigenvalue weighted by Gasteiger charge is 2.37. The van der Waals surface area contributed by atoms with Crippen LogP contribution in [0.15, 0.2) is 29.2 Å². The number of para-hydroxylation sites is 1. The van der Waals surface area contributed by atoms with Crippen molar-refractivity contribution in [3.63, 3.8) is 0 Å². The second kappa shape index (κ2) is 6.79. The largest absolute Gasteiger partial charge is 0.352 e. The van der Waals surface area contributed by atoms with Crippen molar-refractivity contribution in [2.45, 2.75) is 74.6 Å². The molecule has 4 nitrogen and oxygen atoms in total. The number of rotatable bonds is 3. The Bertz CT molecular complexity index is 638. The number of nitrogens with zero attached hydrogens (tertiary/aromatic N) is 1. The summed E-state index contributed by atoms with van der Waals surface area (Å²) in [6.45, 7) is 6.00. The average Bonchev–Trinajstić information content (AvgIpc) is 2.97. The highest BCUT2D eigenvalue weighted by molar-refractivity contribution is 8.00. The van der Waals surface area contributed by atoms with E-state index in [2.05, 4.69) is 19.2 Å². The van der Waals surface area contributed by atoms with Gasteiger partial charge in [0.15, 0.2) is 0 Å². The van der Waals surface area contributed by atoms with Crippen molar-refractivity contribution in [2.24, 2.45) is 0 Å². The molecule has 1 N–H and O–H groups in total. The quantitative estimate of drug-likeness (QED) is 0.907. The summed E-state index contributed by atoms with van der Waals surface area (Å²) in [5, 5.41) is 3.13. The lowest BCUT2D eigenvalue weighted by atomic mass is 10.1. The molecule has 130 valence electrons. The molecule has 5 heteroatoms. The minimum Gasteiger partial charge on any atom is -0.352 e. The summed E-state index contributed by atoms with van der Waals surface area (Å²) in [5.74, 6) is -0.0266. The molecule has 0 bridgehead atoms. The zero-order valence-corrected chi connectivity index (χ0v) is 15.5. The van der Waals surface area contributed by atoms with Crippen molar-refractivity contribution in [2.75, 3.05) is 4.90 Å². The van der Waals surface area contributed by atoms with E-state index in [0.717, 1.165) is 23.4 Å². The molecule has 1 saturated carbocycles. The topological polar surface area (TPSA) is 49.4 Å². The number of carbonyl (C=O) groups excluding carboxylic acids is 2. The maximum Gasteiger partial charge on any atom is 0.243 e. The van der Waals surface area contributed by atoms with E-state index >= 15 is 0 Å². The maximum atomic E-state index is 12.9. The molecule has 1 fully saturated rings. The Kier molecular flexibility index (Phi) is 4.90. The van der Waals surface area contributed by atoms with Crippen LogP contribution in [0.25, 0.3) is 0 Å². The first kappa shape index (κ1) is 17.3. The zero-order valence-electron chi connectivity index (χ0n) is 14.7. The van der Waals surface area contributed by atoms with Crippen molar-refractivity contribution in [1.82, 2.24) is 5.32 Å². The van der Waals surface area contributed by atoms with Crippen LogP contribution in [-0.4, -0.2) is 28.6 Å². The number of thioether (sulfide) groups is 1. The SMILES string of the molecule is CC(C(=O)NC1CCCC1)N1C(=O)CC(C)(C)Sc2ccccc21. The number of anilines is 1. The fourth-order valence-corrected chi connectivity index (χ4v) is 4.80. The minimum atomic E-state index is -0.492. The number of hydrogen-bond acceptors (Lipinski definition) is 3. The normalized spacial score (nSPS) is 22.0. The molecule has 1 heterocycles. The number of benzene rings is 1. The zero-order chi connectivity index (χ0) is 17.3. The number of amides is 2. The van der Waals surface area contributed by atoms with Crippen molar-refractivity contribution in [3.8, 4) is 0 Å². The third kappa shape index (κ3) is 3.61. The lowest BCUT2D eigenvalue weighted by Gasteiger charge is -2.29. The van der Waals surface area contributed by atoms with Crippen LogP contribution in [0.3, 0.4) is 0 Å². The molecule has 1 aromatic carbocycles. The molecule has 1 unspecified atom stereocenters. The van der Waals surface area contributed by atoms with Gasteiger partial charge >= 0.3 is 0 Å². The van der Waals surface area contributed by atoms with Crippen LogP contribution in [0.2, 0.25) is 0 Å². The minimum absolute atomic E-state index is 0.0199. The Morgan fingerprint density at radius 3 is 2.67 bits per heavy atom. The Morgan fingerprint density at radius 1 is 1.29 bits per heavy atom. The summed E-state index contributed by atoms with van der Waals surface area (Å²) in [5.41, 5.74) is 0.854. The summed E-state index contributed by atoms with van der Waals surface area (Å²) in [4.78, 5) is 28.4. The van der Waals surface area contributed by atoms with Crippen LogP contribution in [0.1, 0.15) is 52.9 Å². The Labute approximate surface area is 148 Å². The first-order chi connectivity index (χ1) is 11.4. The molecular weight excluding hydrogens is 320 g/mol. The van der Waals surface area contributed by atoms with Gasteiger partial charge in [-0.15, -0.1) is 11.8 Å². The van der Waals surface area contributed by atoms with Crippen LogP contribution in [0, 0.1) is 0 Å².